The number of carbonyl (C=O) groups excluding carboxylic acids is 1. The Bertz CT molecular complexity index is 965. The number of para-hydroxylation sites is 2. The van der Waals surface area contributed by atoms with Crippen molar-refractivity contribution >= 4 is 5.91 Å². The number of nitrogens with zero attached hydrogens (tertiary/aromatic N) is 2. The molecule has 150 valence electrons. The van der Waals surface area contributed by atoms with E-state index in [0.29, 0.717) is 23.6 Å². The fourth-order valence-electron chi connectivity index (χ4n) is 3.27. The Morgan fingerprint density at radius 3 is 2.69 bits per heavy atom. The largest absolute Gasteiger partial charge is 0.496 e. The number of hydrogen-bond acceptors (Lipinski definition) is 5. The van der Waals surface area contributed by atoms with Gasteiger partial charge in [-0.3, -0.25) is 4.79 Å². The van der Waals surface area contributed by atoms with Crippen LogP contribution in [0.5, 0.6) is 5.75 Å². The molecule has 0 saturated carbocycles. The van der Waals surface area contributed by atoms with Gasteiger partial charge in [-0.1, -0.05) is 30.3 Å². The lowest BCUT2D eigenvalue weighted by atomic mass is 10.1. The maximum Gasteiger partial charge on any atom is 0.278 e. The van der Waals surface area contributed by atoms with Crippen LogP contribution >= 0.6 is 0 Å². The number of amides is 1. The van der Waals surface area contributed by atoms with Crippen molar-refractivity contribution in [3.05, 3.63) is 66.4 Å². The van der Waals surface area contributed by atoms with Crippen molar-refractivity contribution in [2.45, 2.75) is 25.6 Å². The highest BCUT2D eigenvalue weighted by atomic mass is 16.8. The van der Waals surface area contributed by atoms with Crippen molar-refractivity contribution in [3.63, 3.8) is 0 Å². The zero-order chi connectivity index (χ0) is 20.1. The predicted molar refractivity (Wildman–Crippen MR) is 108 cm³/mol. The SMILES string of the molecule is COc1ccccc1-c1nn(-c2ccccc2)cc1C(=O)NOC1CCCCO1. The standard InChI is InChI=1S/C22H23N3O4/c1-27-19-12-6-5-11-17(19)21-18(15-25(23-21)16-9-3-2-4-10-16)22(26)24-29-20-13-7-8-14-28-20/h2-6,9-12,15,20H,7-8,13-14H2,1H3,(H,24,26). The highest BCUT2D eigenvalue weighted by Gasteiger charge is 2.23. The second-order valence-electron chi connectivity index (χ2n) is 6.72. The first kappa shape index (κ1) is 19.2. The third-order valence-corrected chi connectivity index (χ3v) is 4.76. The lowest BCUT2D eigenvalue weighted by Gasteiger charge is -2.22. The summed E-state index contributed by atoms with van der Waals surface area (Å²) in [4.78, 5) is 18.4. The zero-order valence-corrected chi connectivity index (χ0v) is 16.2. The number of nitrogens with one attached hydrogen (secondary N) is 1. The Kier molecular flexibility index (Phi) is 5.88. The zero-order valence-electron chi connectivity index (χ0n) is 16.2. The van der Waals surface area contributed by atoms with Crippen molar-refractivity contribution in [2.24, 2.45) is 0 Å². The van der Waals surface area contributed by atoms with E-state index >= 15 is 0 Å². The van der Waals surface area contributed by atoms with E-state index < -0.39 is 6.29 Å². The predicted octanol–water partition coefficient (Wildman–Crippen LogP) is 3.74. The maximum absolute atomic E-state index is 12.9. The van der Waals surface area contributed by atoms with E-state index in [1.807, 2.05) is 54.6 Å². The molecular weight excluding hydrogens is 370 g/mol. The van der Waals surface area contributed by atoms with Crippen LogP contribution in [-0.4, -0.2) is 35.7 Å². The van der Waals surface area contributed by atoms with Gasteiger partial charge >= 0.3 is 0 Å². The van der Waals surface area contributed by atoms with Crippen molar-refractivity contribution in [1.82, 2.24) is 15.3 Å². The average Bonchev–Trinajstić information content (AvgIpc) is 3.24. The molecule has 0 radical (unpaired) electrons. The van der Waals surface area contributed by atoms with Gasteiger partial charge in [0.15, 0.2) is 6.29 Å². The van der Waals surface area contributed by atoms with Gasteiger partial charge in [0.2, 0.25) is 0 Å². The van der Waals surface area contributed by atoms with Crippen LogP contribution in [0.15, 0.2) is 60.8 Å². The summed E-state index contributed by atoms with van der Waals surface area (Å²) in [6.45, 7) is 0.638. The van der Waals surface area contributed by atoms with Gasteiger partial charge in [-0.05, 0) is 37.1 Å². The van der Waals surface area contributed by atoms with Crippen LogP contribution in [0.25, 0.3) is 16.9 Å². The number of carbonyl (C=O) groups is 1. The molecule has 1 amide bonds. The molecule has 2 aromatic carbocycles. The molecule has 1 unspecified atom stereocenters. The number of methoxy groups -OCH3 is 1. The van der Waals surface area contributed by atoms with Gasteiger partial charge < -0.3 is 9.47 Å². The molecule has 4 rings (SSSR count). The van der Waals surface area contributed by atoms with Gasteiger partial charge in [-0.25, -0.2) is 15.0 Å². The molecule has 1 saturated heterocycles. The summed E-state index contributed by atoms with van der Waals surface area (Å²) in [7, 11) is 1.59. The van der Waals surface area contributed by atoms with E-state index in [0.717, 1.165) is 30.5 Å². The fourth-order valence-corrected chi connectivity index (χ4v) is 3.27. The first-order valence-corrected chi connectivity index (χ1v) is 9.62. The van der Waals surface area contributed by atoms with E-state index in [1.165, 1.54) is 0 Å². The number of rotatable bonds is 6. The summed E-state index contributed by atoms with van der Waals surface area (Å²) in [5.74, 6) is 0.249. The summed E-state index contributed by atoms with van der Waals surface area (Å²) in [5.41, 5.74) is 4.99. The second kappa shape index (κ2) is 8.89. The Morgan fingerprint density at radius 1 is 1.14 bits per heavy atom. The summed E-state index contributed by atoms with van der Waals surface area (Å²) in [5, 5.41) is 4.66. The van der Waals surface area contributed by atoms with E-state index in [-0.39, 0.29) is 5.91 Å². The first-order valence-electron chi connectivity index (χ1n) is 9.62. The number of aromatic nitrogens is 2. The number of benzene rings is 2. The van der Waals surface area contributed by atoms with Crippen LogP contribution in [-0.2, 0) is 9.57 Å². The molecule has 3 aromatic rings. The Labute approximate surface area is 169 Å². The highest BCUT2D eigenvalue weighted by molar-refractivity contribution is 6.00. The van der Waals surface area contributed by atoms with Crippen LogP contribution in [0.3, 0.4) is 0 Å². The molecule has 1 aliphatic heterocycles. The molecule has 29 heavy (non-hydrogen) atoms. The topological polar surface area (TPSA) is 74.6 Å². The van der Waals surface area contributed by atoms with Crippen molar-refractivity contribution in [2.75, 3.05) is 13.7 Å². The molecule has 1 fully saturated rings. The van der Waals surface area contributed by atoms with E-state index in [1.54, 1.807) is 18.0 Å². The number of ether oxygens (including phenoxy) is 2. The Hall–Kier alpha value is -3.16. The van der Waals surface area contributed by atoms with Gasteiger partial charge in [-0.2, -0.15) is 5.10 Å². The highest BCUT2D eigenvalue weighted by Crippen LogP contribution is 2.31. The maximum atomic E-state index is 12.9. The third-order valence-electron chi connectivity index (χ3n) is 4.76. The van der Waals surface area contributed by atoms with Crippen molar-refractivity contribution in [3.8, 4) is 22.7 Å². The molecule has 7 heteroatoms. The summed E-state index contributed by atoms with van der Waals surface area (Å²) in [6.07, 6.45) is 4.04. The summed E-state index contributed by atoms with van der Waals surface area (Å²) >= 11 is 0. The van der Waals surface area contributed by atoms with Gasteiger partial charge in [0.25, 0.3) is 5.91 Å². The summed E-state index contributed by atoms with van der Waals surface area (Å²) < 4.78 is 12.7. The Balaban J connectivity index is 1.67. The first-order chi connectivity index (χ1) is 14.3. The molecular formula is C22H23N3O4. The lowest BCUT2D eigenvalue weighted by molar-refractivity contribution is -0.186. The van der Waals surface area contributed by atoms with E-state index in [9.17, 15) is 4.79 Å². The molecule has 0 aliphatic carbocycles. The third kappa shape index (κ3) is 4.31. The minimum atomic E-state index is -0.424. The van der Waals surface area contributed by atoms with Crippen LogP contribution in [0.4, 0.5) is 0 Å². The molecule has 1 aliphatic rings. The van der Waals surface area contributed by atoms with Crippen LogP contribution < -0.4 is 10.2 Å². The van der Waals surface area contributed by atoms with Crippen molar-refractivity contribution in [1.29, 1.82) is 0 Å². The minimum absolute atomic E-state index is 0.383. The lowest BCUT2D eigenvalue weighted by Crippen LogP contribution is -2.33. The fraction of sp³-hybridized carbons (Fsp3) is 0.273. The molecule has 7 nitrogen and oxygen atoms in total. The quantitative estimate of drug-likeness (QED) is 0.646. The molecule has 0 spiro atoms. The van der Waals surface area contributed by atoms with Gasteiger partial charge in [0, 0.05) is 24.8 Å². The van der Waals surface area contributed by atoms with Crippen LogP contribution in [0, 0.1) is 0 Å². The second-order valence-corrected chi connectivity index (χ2v) is 6.72. The van der Waals surface area contributed by atoms with Crippen LogP contribution in [0.1, 0.15) is 29.6 Å². The average molecular weight is 393 g/mol. The normalized spacial score (nSPS) is 16.4. The van der Waals surface area contributed by atoms with Gasteiger partial charge in [0.1, 0.15) is 11.4 Å². The van der Waals surface area contributed by atoms with E-state index in [2.05, 4.69) is 10.6 Å². The number of hydroxylamine groups is 1. The van der Waals surface area contributed by atoms with Crippen molar-refractivity contribution < 1.29 is 19.1 Å². The molecule has 1 aromatic heterocycles. The minimum Gasteiger partial charge on any atom is -0.496 e. The monoisotopic (exact) mass is 393 g/mol. The smallest absolute Gasteiger partial charge is 0.278 e. The van der Waals surface area contributed by atoms with Gasteiger partial charge in [0.05, 0.1) is 18.4 Å². The Morgan fingerprint density at radius 2 is 1.93 bits per heavy atom. The molecule has 1 atom stereocenters. The van der Waals surface area contributed by atoms with Gasteiger partial charge in [-0.15, -0.1) is 0 Å². The summed E-state index contributed by atoms with van der Waals surface area (Å²) in [6, 6.07) is 17.1. The molecule has 0 bridgehead atoms. The molecule has 2 heterocycles. The number of hydrogen-bond donors (Lipinski definition) is 1. The van der Waals surface area contributed by atoms with E-state index in [4.69, 9.17) is 14.3 Å². The molecule has 1 N–H and O–H groups in total. The van der Waals surface area contributed by atoms with Crippen LogP contribution in [0.2, 0.25) is 0 Å².